The molecule has 0 aromatic heterocycles. The van der Waals surface area contributed by atoms with Gasteiger partial charge in [-0.3, -0.25) is 9.69 Å². The maximum Gasteiger partial charge on any atom is 0.304 e. The number of carbonyl (C=O) groups is 1. The lowest BCUT2D eigenvalue weighted by Crippen LogP contribution is -2.32. The first kappa shape index (κ1) is 15.7. The molecule has 3 nitrogen and oxygen atoms in total. The first-order valence-corrected chi connectivity index (χ1v) is 6.29. The minimum atomic E-state index is -2.20. The quantitative estimate of drug-likeness (QED) is 0.528. The monoisotopic (exact) mass is 309 g/mol. The Morgan fingerprint density at radius 3 is 2.10 bits per heavy atom. The summed E-state index contributed by atoms with van der Waals surface area (Å²) in [6.07, 6.45) is 0.866. The fourth-order valence-electron chi connectivity index (χ4n) is 2.53. The number of aliphatic carboxylic acids is 1. The zero-order chi connectivity index (χ0) is 15.7. The summed E-state index contributed by atoms with van der Waals surface area (Å²) in [5.74, 6) is -11.0. The molecule has 2 rings (SSSR count). The highest BCUT2D eigenvalue weighted by atomic mass is 19.2. The van der Waals surface area contributed by atoms with E-state index >= 15 is 0 Å². The van der Waals surface area contributed by atoms with Gasteiger partial charge in [0.2, 0.25) is 5.82 Å². The van der Waals surface area contributed by atoms with Crippen LogP contribution in [0.25, 0.3) is 0 Å². The number of benzene rings is 1. The van der Waals surface area contributed by atoms with Crippen LogP contribution in [-0.4, -0.2) is 28.6 Å². The second-order valence-electron chi connectivity index (χ2n) is 4.91. The minimum Gasteiger partial charge on any atom is -0.481 e. The third-order valence-electron chi connectivity index (χ3n) is 3.57. The zero-order valence-electron chi connectivity index (χ0n) is 10.8. The molecule has 0 amide bonds. The minimum absolute atomic E-state index is 0.241. The lowest BCUT2D eigenvalue weighted by molar-refractivity contribution is -0.138. The van der Waals surface area contributed by atoms with Crippen LogP contribution in [0.2, 0.25) is 0 Å². The maximum absolute atomic E-state index is 13.6. The highest BCUT2D eigenvalue weighted by molar-refractivity contribution is 5.67. The molecule has 1 aromatic carbocycles. The molecular weight excluding hydrogens is 297 g/mol. The van der Waals surface area contributed by atoms with E-state index in [-0.39, 0.29) is 6.42 Å². The highest BCUT2D eigenvalue weighted by Gasteiger charge is 2.31. The summed E-state index contributed by atoms with van der Waals surface area (Å²) in [6, 6.07) is -0.475. The Balaban J connectivity index is 2.29. The van der Waals surface area contributed by atoms with Gasteiger partial charge in [0.1, 0.15) is 0 Å². The summed E-state index contributed by atoms with van der Waals surface area (Å²) in [7, 11) is 0. The number of hydrogen-bond acceptors (Lipinski definition) is 2. The Kier molecular flexibility index (Phi) is 4.46. The van der Waals surface area contributed by atoms with Crippen molar-refractivity contribution in [3.63, 3.8) is 0 Å². The molecule has 1 saturated heterocycles. The highest BCUT2D eigenvalue weighted by Crippen LogP contribution is 2.28. The number of carboxylic acids is 1. The SMILES string of the molecule is O=C(O)CC1CCCN1Cc1c(F)c(F)c(F)c(F)c1F. The first-order valence-electron chi connectivity index (χ1n) is 6.29. The fourth-order valence-corrected chi connectivity index (χ4v) is 2.53. The number of rotatable bonds is 4. The van der Waals surface area contributed by atoms with Crippen molar-refractivity contribution in [3.05, 3.63) is 34.6 Å². The number of likely N-dealkylation sites (tertiary alicyclic amines) is 1. The molecule has 0 saturated carbocycles. The average Bonchev–Trinajstić information content (AvgIpc) is 2.85. The molecule has 1 fully saturated rings. The van der Waals surface area contributed by atoms with Gasteiger partial charge in [-0.15, -0.1) is 0 Å². The van der Waals surface area contributed by atoms with Crippen molar-refractivity contribution < 1.29 is 31.9 Å². The molecule has 0 radical (unpaired) electrons. The smallest absolute Gasteiger partial charge is 0.304 e. The van der Waals surface area contributed by atoms with Gasteiger partial charge in [0.05, 0.1) is 6.42 Å². The van der Waals surface area contributed by atoms with Crippen molar-refractivity contribution >= 4 is 5.97 Å². The van der Waals surface area contributed by atoms with Crippen molar-refractivity contribution in [1.82, 2.24) is 4.90 Å². The van der Waals surface area contributed by atoms with E-state index in [1.165, 1.54) is 4.90 Å². The normalized spacial score (nSPS) is 19.2. The molecule has 1 heterocycles. The molecule has 1 N–H and O–H groups in total. The van der Waals surface area contributed by atoms with Crippen molar-refractivity contribution in [2.75, 3.05) is 6.54 Å². The van der Waals surface area contributed by atoms with Gasteiger partial charge < -0.3 is 5.11 Å². The Morgan fingerprint density at radius 2 is 1.57 bits per heavy atom. The molecule has 8 heteroatoms. The van der Waals surface area contributed by atoms with E-state index in [1.54, 1.807) is 0 Å². The maximum atomic E-state index is 13.6. The first-order chi connectivity index (χ1) is 9.82. The Labute approximate surface area is 117 Å². The molecule has 1 aliphatic rings. The van der Waals surface area contributed by atoms with Gasteiger partial charge in [-0.1, -0.05) is 0 Å². The zero-order valence-corrected chi connectivity index (χ0v) is 10.8. The van der Waals surface area contributed by atoms with Crippen LogP contribution in [0.15, 0.2) is 0 Å². The predicted molar refractivity (Wildman–Crippen MR) is 61.9 cm³/mol. The summed E-state index contributed by atoms with van der Waals surface area (Å²) in [5.41, 5.74) is -0.927. The van der Waals surface area contributed by atoms with E-state index in [2.05, 4.69) is 0 Å². The van der Waals surface area contributed by atoms with Crippen LogP contribution in [0.5, 0.6) is 0 Å². The molecular formula is C13H12F5NO2. The second-order valence-corrected chi connectivity index (χ2v) is 4.91. The fraction of sp³-hybridized carbons (Fsp3) is 0.462. The van der Waals surface area contributed by atoms with E-state index in [1.807, 2.05) is 0 Å². The van der Waals surface area contributed by atoms with Gasteiger partial charge in [-0.2, -0.15) is 0 Å². The van der Waals surface area contributed by atoms with Gasteiger partial charge in [0.15, 0.2) is 23.3 Å². The van der Waals surface area contributed by atoms with Crippen molar-refractivity contribution in [2.24, 2.45) is 0 Å². The Hall–Kier alpha value is -1.70. The third-order valence-corrected chi connectivity index (χ3v) is 3.57. The Morgan fingerprint density at radius 1 is 1.05 bits per heavy atom. The van der Waals surface area contributed by atoms with Crippen LogP contribution in [0.4, 0.5) is 22.0 Å². The summed E-state index contributed by atoms with van der Waals surface area (Å²) >= 11 is 0. The van der Waals surface area contributed by atoms with E-state index in [0.717, 1.165) is 0 Å². The molecule has 0 bridgehead atoms. The van der Waals surface area contributed by atoms with Crippen LogP contribution < -0.4 is 0 Å². The summed E-state index contributed by atoms with van der Waals surface area (Å²) < 4.78 is 66.3. The van der Waals surface area contributed by atoms with Gasteiger partial charge in [0, 0.05) is 18.2 Å². The van der Waals surface area contributed by atoms with Crippen LogP contribution in [0, 0.1) is 29.1 Å². The lowest BCUT2D eigenvalue weighted by atomic mass is 10.1. The van der Waals surface area contributed by atoms with Gasteiger partial charge in [-0.25, -0.2) is 22.0 Å². The van der Waals surface area contributed by atoms with E-state index in [9.17, 15) is 26.7 Å². The average molecular weight is 309 g/mol. The summed E-state index contributed by atoms with van der Waals surface area (Å²) in [4.78, 5) is 12.1. The summed E-state index contributed by atoms with van der Waals surface area (Å²) in [5, 5.41) is 8.75. The molecule has 1 atom stereocenters. The van der Waals surface area contributed by atoms with Crippen LogP contribution in [-0.2, 0) is 11.3 Å². The molecule has 0 spiro atoms. The number of halogens is 5. The second kappa shape index (κ2) is 5.97. The molecule has 116 valence electrons. The Bertz CT molecular complexity index is 549. The van der Waals surface area contributed by atoms with Crippen molar-refractivity contribution in [2.45, 2.75) is 31.8 Å². The van der Waals surface area contributed by atoms with E-state index in [4.69, 9.17) is 5.11 Å². The third kappa shape index (κ3) is 2.99. The lowest BCUT2D eigenvalue weighted by Gasteiger charge is -2.23. The van der Waals surface area contributed by atoms with Gasteiger partial charge >= 0.3 is 5.97 Å². The van der Waals surface area contributed by atoms with Gasteiger partial charge in [-0.05, 0) is 19.4 Å². The number of nitrogens with zero attached hydrogens (tertiary/aromatic N) is 1. The van der Waals surface area contributed by atoms with Crippen LogP contribution in [0.3, 0.4) is 0 Å². The van der Waals surface area contributed by atoms with Gasteiger partial charge in [0.25, 0.3) is 0 Å². The topological polar surface area (TPSA) is 40.5 Å². The summed E-state index contributed by atoms with van der Waals surface area (Å²) in [6.45, 7) is -0.166. The largest absolute Gasteiger partial charge is 0.481 e. The number of hydrogen-bond donors (Lipinski definition) is 1. The van der Waals surface area contributed by atoms with E-state index in [0.29, 0.717) is 19.4 Å². The molecule has 21 heavy (non-hydrogen) atoms. The molecule has 1 unspecified atom stereocenters. The number of carboxylic acid groups (broad SMARTS) is 1. The van der Waals surface area contributed by atoms with E-state index < -0.39 is 53.2 Å². The predicted octanol–water partition coefficient (Wildman–Crippen LogP) is 2.82. The molecule has 0 aliphatic carbocycles. The molecule has 1 aromatic rings. The van der Waals surface area contributed by atoms with Crippen LogP contribution >= 0.6 is 0 Å². The van der Waals surface area contributed by atoms with Crippen molar-refractivity contribution in [3.8, 4) is 0 Å². The standard InChI is InChI=1S/C13H12F5NO2/c14-9-7(10(15)12(17)13(18)11(9)16)5-19-3-1-2-6(19)4-8(20)21/h6H,1-5H2,(H,20,21). The van der Waals surface area contributed by atoms with Crippen molar-refractivity contribution in [1.29, 1.82) is 0 Å². The molecule has 1 aliphatic heterocycles. The van der Waals surface area contributed by atoms with Crippen LogP contribution in [0.1, 0.15) is 24.8 Å².